The lowest BCUT2D eigenvalue weighted by molar-refractivity contribution is -0.231. The Bertz CT molecular complexity index is 1130. The maximum Gasteiger partial charge on any atom is 0.309 e. The number of ether oxygens (including phenoxy) is 1. The monoisotopic (exact) mass is 554 g/mol. The van der Waals surface area contributed by atoms with Gasteiger partial charge in [0, 0.05) is 11.8 Å². The second kappa shape index (κ2) is 9.43. The van der Waals surface area contributed by atoms with Gasteiger partial charge in [0.15, 0.2) is 5.78 Å². The Morgan fingerprint density at radius 3 is 2.20 bits per heavy atom. The first-order valence-corrected chi connectivity index (χ1v) is 16.1. The molecule has 0 spiro atoms. The smallest absolute Gasteiger partial charge is 0.309 e. The topological polar surface area (TPSA) is 80.7 Å². The summed E-state index contributed by atoms with van der Waals surface area (Å²) < 4.78 is 6.10. The third kappa shape index (κ3) is 4.09. The molecule has 0 aliphatic heterocycles. The maximum atomic E-state index is 13.1. The molecule has 5 rings (SSSR count). The van der Waals surface area contributed by atoms with Gasteiger partial charge in [-0.1, -0.05) is 54.0 Å². The largest absolute Gasteiger partial charge is 0.481 e. The highest BCUT2D eigenvalue weighted by atomic mass is 16.5. The fraction of sp³-hybridized carbons (Fsp3) is 0.857. The Hall–Kier alpha value is -1.65. The highest BCUT2D eigenvalue weighted by molar-refractivity contribution is 5.99. The minimum Gasteiger partial charge on any atom is -0.481 e. The number of fused-ring (bicyclic) bond motifs is 7. The predicted molar refractivity (Wildman–Crippen MR) is 156 cm³/mol. The molecular formula is C35H54O5. The molecule has 1 N–H and O–H groups in total. The fourth-order valence-electron chi connectivity index (χ4n) is 11.4. The van der Waals surface area contributed by atoms with Gasteiger partial charge in [0.2, 0.25) is 0 Å². The Morgan fingerprint density at radius 2 is 1.57 bits per heavy atom. The van der Waals surface area contributed by atoms with E-state index < -0.39 is 11.4 Å². The second-order valence-corrected chi connectivity index (χ2v) is 16.7. The van der Waals surface area contributed by atoms with Crippen molar-refractivity contribution >= 4 is 17.7 Å². The van der Waals surface area contributed by atoms with Crippen molar-refractivity contribution in [2.75, 3.05) is 0 Å². The van der Waals surface area contributed by atoms with Crippen LogP contribution in [-0.2, 0) is 19.1 Å². The number of carboxylic acids is 1. The normalized spacial score (nSPS) is 42.5. The summed E-state index contributed by atoms with van der Waals surface area (Å²) in [6, 6.07) is 0. The first-order chi connectivity index (χ1) is 18.4. The van der Waals surface area contributed by atoms with Gasteiger partial charge in [-0.05, 0) is 117 Å². The standard InChI is InChI=1S/C35H54O5/c1-20(2)28-23(36)18-21-12-16-34(8)22(29(21)28)10-11-25-33(7)15-14-26(40-27(37)19-31(3,4)30(38)39)32(5,6)24(33)13-17-35(25,34)9/h20-22,24-26H,10-19H2,1-9H3,(H,38,39)/t21?,22-,24+,25-,26+,33+,34-,35-/m1/s1. The van der Waals surface area contributed by atoms with Crippen LogP contribution >= 0.6 is 0 Å². The number of hydrogen-bond donors (Lipinski definition) is 1. The summed E-state index contributed by atoms with van der Waals surface area (Å²) in [7, 11) is 0. The molecule has 5 nitrogen and oxygen atoms in total. The van der Waals surface area contributed by atoms with Crippen molar-refractivity contribution < 1.29 is 24.2 Å². The summed E-state index contributed by atoms with van der Waals surface area (Å²) in [6.45, 7) is 19.9. The van der Waals surface area contributed by atoms with Crippen LogP contribution in [0.2, 0.25) is 0 Å². The van der Waals surface area contributed by atoms with Crippen LogP contribution in [0.15, 0.2) is 11.1 Å². The van der Waals surface area contributed by atoms with Crippen molar-refractivity contribution in [1.82, 2.24) is 0 Å². The lowest BCUT2D eigenvalue weighted by Gasteiger charge is -2.71. The van der Waals surface area contributed by atoms with Crippen LogP contribution in [0.25, 0.3) is 0 Å². The van der Waals surface area contributed by atoms with Crippen molar-refractivity contribution in [2.24, 2.45) is 56.7 Å². The van der Waals surface area contributed by atoms with E-state index in [1.54, 1.807) is 19.4 Å². The lowest BCUT2D eigenvalue weighted by atomic mass is 9.33. The van der Waals surface area contributed by atoms with E-state index in [4.69, 9.17) is 4.74 Å². The molecule has 1 unspecified atom stereocenters. The zero-order valence-electron chi connectivity index (χ0n) is 26.6. The number of rotatable bonds is 5. The summed E-state index contributed by atoms with van der Waals surface area (Å²) in [6.07, 6.45) is 9.44. The van der Waals surface area contributed by atoms with Crippen LogP contribution in [0.5, 0.6) is 0 Å². The number of carbonyl (C=O) groups is 3. The Balaban J connectivity index is 1.42. The average molecular weight is 555 g/mol. The van der Waals surface area contributed by atoms with Gasteiger partial charge < -0.3 is 9.84 Å². The molecule has 0 aromatic rings. The van der Waals surface area contributed by atoms with Crippen LogP contribution < -0.4 is 0 Å². The molecule has 5 aliphatic rings. The number of ketones is 1. The van der Waals surface area contributed by atoms with Crippen molar-refractivity contribution in [3.8, 4) is 0 Å². The van der Waals surface area contributed by atoms with Gasteiger partial charge in [0.05, 0.1) is 11.8 Å². The molecule has 5 heteroatoms. The first-order valence-electron chi connectivity index (χ1n) is 16.1. The van der Waals surface area contributed by atoms with Gasteiger partial charge in [-0.15, -0.1) is 0 Å². The number of esters is 1. The molecule has 4 fully saturated rings. The Morgan fingerprint density at radius 1 is 0.925 bits per heavy atom. The molecule has 224 valence electrons. The molecule has 0 heterocycles. The first kappa shape index (κ1) is 29.8. The highest BCUT2D eigenvalue weighted by Crippen LogP contribution is 2.75. The minimum atomic E-state index is -1.13. The lowest BCUT2D eigenvalue weighted by Crippen LogP contribution is -2.65. The van der Waals surface area contributed by atoms with Gasteiger partial charge in [-0.3, -0.25) is 14.4 Å². The van der Waals surface area contributed by atoms with Gasteiger partial charge in [0.25, 0.3) is 0 Å². The average Bonchev–Trinajstić information content (AvgIpc) is 3.17. The molecule has 0 radical (unpaired) electrons. The number of aliphatic carboxylic acids is 1. The summed E-state index contributed by atoms with van der Waals surface area (Å²) in [5.74, 6) is 1.44. The number of Topliss-reactive ketones (excluding diaryl/α,β-unsaturated/α-hetero) is 1. The van der Waals surface area contributed by atoms with Crippen LogP contribution in [0.4, 0.5) is 0 Å². The van der Waals surface area contributed by atoms with Crippen LogP contribution in [0.3, 0.4) is 0 Å². The zero-order valence-corrected chi connectivity index (χ0v) is 26.6. The molecule has 0 aromatic carbocycles. The highest BCUT2D eigenvalue weighted by Gasteiger charge is 2.68. The number of carbonyl (C=O) groups excluding carboxylic acids is 2. The maximum absolute atomic E-state index is 13.1. The molecule has 0 aromatic heterocycles. The van der Waals surface area contributed by atoms with Crippen LogP contribution in [-0.4, -0.2) is 28.9 Å². The summed E-state index contributed by atoms with van der Waals surface area (Å²) in [5, 5.41) is 9.50. The van der Waals surface area contributed by atoms with E-state index in [0.29, 0.717) is 35.4 Å². The number of hydrogen-bond acceptors (Lipinski definition) is 4. The molecule has 0 amide bonds. The predicted octanol–water partition coefficient (Wildman–Crippen LogP) is 8.01. The van der Waals surface area contributed by atoms with E-state index in [-0.39, 0.29) is 40.2 Å². The number of allylic oxidation sites excluding steroid dienone is 2. The van der Waals surface area contributed by atoms with E-state index in [0.717, 1.165) is 32.1 Å². The molecule has 0 saturated heterocycles. The molecule has 40 heavy (non-hydrogen) atoms. The van der Waals surface area contributed by atoms with Crippen molar-refractivity contribution in [3.05, 3.63) is 11.1 Å². The molecular weight excluding hydrogens is 500 g/mol. The Labute approximate surface area is 242 Å². The molecule has 0 bridgehead atoms. The van der Waals surface area contributed by atoms with Crippen molar-refractivity contribution in [2.45, 2.75) is 133 Å². The molecule has 5 aliphatic carbocycles. The quantitative estimate of drug-likeness (QED) is 0.348. The van der Waals surface area contributed by atoms with E-state index in [1.807, 2.05) is 0 Å². The van der Waals surface area contributed by atoms with E-state index >= 15 is 0 Å². The SMILES string of the molecule is CC(C)C1=C2C(CC[C@]3(C)[C@@H]2CC[C@@H]2[C@@]4(C)CC[C@H](OC(=O)CC(C)(C)C(=O)O)C(C)(C)[C@@H]4CC[C@]23C)CC1=O. The number of carboxylic acid groups (broad SMARTS) is 1. The van der Waals surface area contributed by atoms with Crippen molar-refractivity contribution in [1.29, 1.82) is 0 Å². The summed E-state index contributed by atoms with van der Waals surface area (Å²) in [5.41, 5.74) is 2.04. The minimum absolute atomic E-state index is 0.102. The molecule has 8 atom stereocenters. The van der Waals surface area contributed by atoms with Crippen molar-refractivity contribution in [3.63, 3.8) is 0 Å². The van der Waals surface area contributed by atoms with E-state index in [9.17, 15) is 19.5 Å². The summed E-state index contributed by atoms with van der Waals surface area (Å²) >= 11 is 0. The van der Waals surface area contributed by atoms with Gasteiger partial charge in [-0.2, -0.15) is 0 Å². The summed E-state index contributed by atoms with van der Waals surface area (Å²) in [4.78, 5) is 37.6. The van der Waals surface area contributed by atoms with E-state index in [2.05, 4.69) is 48.5 Å². The van der Waals surface area contributed by atoms with Gasteiger partial charge in [-0.25, -0.2) is 0 Å². The third-order valence-electron chi connectivity index (χ3n) is 13.7. The van der Waals surface area contributed by atoms with E-state index in [1.165, 1.54) is 31.3 Å². The van der Waals surface area contributed by atoms with Gasteiger partial charge >= 0.3 is 11.9 Å². The second-order valence-electron chi connectivity index (χ2n) is 16.7. The van der Waals surface area contributed by atoms with Gasteiger partial charge in [0.1, 0.15) is 6.10 Å². The van der Waals surface area contributed by atoms with Crippen LogP contribution in [0, 0.1) is 56.7 Å². The third-order valence-corrected chi connectivity index (χ3v) is 13.7. The zero-order chi connectivity index (χ0) is 29.6. The van der Waals surface area contributed by atoms with Crippen LogP contribution in [0.1, 0.15) is 127 Å². The Kier molecular flexibility index (Phi) is 7.03. The fourth-order valence-corrected chi connectivity index (χ4v) is 11.4. The molecule has 4 saturated carbocycles.